The Morgan fingerprint density at radius 2 is 2.25 bits per heavy atom. The Morgan fingerprint density at radius 3 is 2.81 bits per heavy atom. The van der Waals surface area contributed by atoms with Crippen molar-refractivity contribution in [3.8, 4) is 5.88 Å². The van der Waals surface area contributed by atoms with E-state index < -0.39 is 4.92 Å². The lowest BCUT2D eigenvalue weighted by Gasteiger charge is -2.06. The number of anilines is 1. The van der Waals surface area contributed by atoms with Crippen LogP contribution < -0.4 is 10.5 Å². The monoisotopic (exact) mass is 224 g/mol. The first-order valence-corrected chi connectivity index (χ1v) is 4.99. The van der Waals surface area contributed by atoms with Crippen LogP contribution in [-0.2, 0) is 0 Å². The van der Waals surface area contributed by atoms with Gasteiger partial charge in [0.15, 0.2) is 0 Å². The van der Waals surface area contributed by atoms with E-state index in [0.717, 1.165) is 12.8 Å². The number of nitro groups is 1. The molecule has 1 heterocycles. The fraction of sp³-hybridized carbons (Fsp3) is 0.556. The summed E-state index contributed by atoms with van der Waals surface area (Å²) in [5.74, 6) is 0.465. The number of hydrogen-bond acceptors (Lipinski definition) is 6. The molecule has 0 unspecified atom stereocenters. The van der Waals surface area contributed by atoms with Crippen LogP contribution in [0.4, 0.5) is 11.6 Å². The second kappa shape index (κ2) is 3.92. The van der Waals surface area contributed by atoms with Crippen molar-refractivity contribution in [2.24, 2.45) is 5.92 Å². The summed E-state index contributed by atoms with van der Waals surface area (Å²) in [6, 6.07) is 0. The van der Waals surface area contributed by atoms with E-state index in [9.17, 15) is 10.1 Å². The van der Waals surface area contributed by atoms with Gasteiger partial charge in [0, 0.05) is 0 Å². The van der Waals surface area contributed by atoms with E-state index in [4.69, 9.17) is 10.5 Å². The lowest BCUT2D eigenvalue weighted by Crippen LogP contribution is -2.08. The van der Waals surface area contributed by atoms with E-state index in [1.165, 1.54) is 6.92 Å². The van der Waals surface area contributed by atoms with E-state index in [-0.39, 0.29) is 23.2 Å². The van der Waals surface area contributed by atoms with Crippen molar-refractivity contribution in [3.05, 3.63) is 15.8 Å². The molecule has 0 amide bonds. The van der Waals surface area contributed by atoms with Crippen molar-refractivity contribution in [1.29, 1.82) is 0 Å². The Bertz CT molecular complexity index is 431. The molecule has 0 atom stereocenters. The quantitative estimate of drug-likeness (QED) is 0.605. The summed E-state index contributed by atoms with van der Waals surface area (Å²) >= 11 is 0. The molecule has 86 valence electrons. The Balaban J connectivity index is 2.27. The largest absolute Gasteiger partial charge is 0.472 e. The first kappa shape index (κ1) is 10.6. The van der Waals surface area contributed by atoms with Crippen molar-refractivity contribution in [2.75, 3.05) is 12.3 Å². The Hall–Kier alpha value is -1.92. The molecule has 0 aromatic carbocycles. The van der Waals surface area contributed by atoms with Crippen molar-refractivity contribution < 1.29 is 9.66 Å². The lowest BCUT2D eigenvalue weighted by molar-refractivity contribution is -0.387. The van der Waals surface area contributed by atoms with Crippen molar-refractivity contribution in [2.45, 2.75) is 19.8 Å². The molecule has 7 heteroatoms. The van der Waals surface area contributed by atoms with Crippen molar-refractivity contribution in [3.63, 3.8) is 0 Å². The number of hydrogen-bond donors (Lipinski definition) is 1. The second-order valence-corrected chi connectivity index (χ2v) is 3.83. The van der Waals surface area contributed by atoms with Gasteiger partial charge < -0.3 is 10.5 Å². The highest BCUT2D eigenvalue weighted by molar-refractivity contribution is 5.47. The molecule has 16 heavy (non-hydrogen) atoms. The molecule has 0 spiro atoms. The minimum absolute atomic E-state index is 0.00565. The molecule has 1 aliphatic carbocycles. The van der Waals surface area contributed by atoms with Gasteiger partial charge in [0.1, 0.15) is 5.69 Å². The van der Waals surface area contributed by atoms with Crippen LogP contribution in [-0.4, -0.2) is 21.5 Å². The molecule has 2 rings (SSSR count). The molecule has 7 nitrogen and oxygen atoms in total. The maximum Gasteiger partial charge on any atom is 0.352 e. The number of rotatable bonds is 4. The number of nitrogens with zero attached hydrogens (tertiary/aromatic N) is 3. The van der Waals surface area contributed by atoms with Gasteiger partial charge >= 0.3 is 5.69 Å². The smallest absolute Gasteiger partial charge is 0.352 e. The van der Waals surface area contributed by atoms with Gasteiger partial charge in [0.2, 0.25) is 5.95 Å². The fourth-order valence-corrected chi connectivity index (χ4v) is 1.35. The summed E-state index contributed by atoms with van der Waals surface area (Å²) < 4.78 is 5.31. The zero-order valence-corrected chi connectivity index (χ0v) is 8.84. The van der Waals surface area contributed by atoms with Crippen LogP contribution >= 0.6 is 0 Å². The van der Waals surface area contributed by atoms with Crippen LogP contribution in [0.3, 0.4) is 0 Å². The third-order valence-corrected chi connectivity index (χ3v) is 2.38. The predicted molar refractivity (Wildman–Crippen MR) is 56.1 cm³/mol. The minimum Gasteiger partial charge on any atom is -0.472 e. The first-order valence-electron chi connectivity index (χ1n) is 4.99. The highest BCUT2D eigenvalue weighted by Gasteiger charge is 2.27. The zero-order valence-electron chi connectivity index (χ0n) is 8.84. The summed E-state index contributed by atoms with van der Waals surface area (Å²) in [5.41, 5.74) is 5.45. The van der Waals surface area contributed by atoms with Gasteiger partial charge in [-0.1, -0.05) is 0 Å². The molecule has 0 bridgehead atoms. The number of aryl methyl sites for hydroxylation is 1. The molecular weight excluding hydrogens is 212 g/mol. The maximum absolute atomic E-state index is 10.8. The number of aromatic nitrogens is 2. The first-order chi connectivity index (χ1) is 7.58. The molecule has 0 radical (unpaired) electrons. The van der Waals surface area contributed by atoms with Gasteiger partial charge in [0.25, 0.3) is 5.88 Å². The van der Waals surface area contributed by atoms with Crippen molar-refractivity contribution in [1.82, 2.24) is 9.97 Å². The molecule has 1 aromatic rings. The second-order valence-electron chi connectivity index (χ2n) is 3.83. The SMILES string of the molecule is Cc1nc(N)nc(OCC2CC2)c1[N+](=O)[O-]. The Kier molecular flexibility index (Phi) is 2.59. The zero-order chi connectivity index (χ0) is 11.7. The van der Waals surface area contributed by atoms with Crippen LogP contribution in [0.25, 0.3) is 0 Å². The van der Waals surface area contributed by atoms with E-state index in [1.54, 1.807) is 0 Å². The molecule has 1 saturated carbocycles. The molecule has 1 aliphatic rings. The standard InChI is InChI=1S/C9H12N4O3/c1-5-7(13(14)15)8(12-9(10)11-5)16-4-6-2-3-6/h6H,2-4H2,1H3,(H2,10,11,12). The highest BCUT2D eigenvalue weighted by atomic mass is 16.6. The summed E-state index contributed by atoms with van der Waals surface area (Å²) in [6.45, 7) is 1.97. The van der Waals surface area contributed by atoms with E-state index >= 15 is 0 Å². The molecular formula is C9H12N4O3. The fourth-order valence-electron chi connectivity index (χ4n) is 1.35. The molecule has 0 saturated heterocycles. The third kappa shape index (κ3) is 2.18. The van der Waals surface area contributed by atoms with Crippen LogP contribution in [0.15, 0.2) is 0 Å². The summed E-state index contributed by atoms with van der Waals surface area (Å²) in [7, 11) is 0. The van der Waals surface area contributed by atoms with Gasteiger partial charge in [-0.25, -0.2) is 4.98 Å². The molecule has 1 aromatic heterocycles. The Labute approximate surface area is 91.8 Å². The number of nitrogen functional groups attached to an aromatic ring is 1. The van der Waals surface area contributed by atoms with Crippen LogP contribution in [0, 0.1) is 23.0 Å². The van der Waals surface area contributed by atoms with Crippen LogP contribution in [0.1, 0.15) is 18.5 Å². The van der Waals surface area contributed by atoms with Gasteiger partial charge in [-0.3, -0.25) is 10.1 Å². The van der Waals surface area contributed by atoms with Gasteiger partial charge in [-0.2, -0.15) is 4.98 Å². The lowest BCUT2D eigenvalue weighted by atomic mass is 10.3. The molecule has 2 N–H and O–H groups in total. The number of nitrogens with two attached hydrogens (primary N) is 1. The average molecular weight is 224 g/mol. The summed E-state index contributed by atoms with van der Waals surface area (Å²) in [6.07, 6.45) is 2.21. The third-order valence-electron chi connectivity index (χ3n) is 2.38. The van der Waals surface area contributed by atoms with E-state index in [1.807, 2.05) is 0 Å². The number of ether oxygens (including phenoxy) is 1. The Morgan fingerprint density at radius 1 is 1.56 bits per heavy atom. The topological polar surface area (TPSA) is 104 Å². The predicted octanol–water partition coefficient (Wildman–Crippen LogP) is 1.06. The molecule has 1 fully saturated rings. The minimum atomic E-state index is -0.545. The van der Waals surface area contributed by atoms with Gasteiger partial charge in [-0.15, -0.1) is 0 Å². The average Bonchev–Trinajstić information content (AvgIpc) is 2.95. The summed E-state index contributed by atoms with van der Waals surface area (Å²) in [4.78, 5) is 17.8. The molecule has 0 aliphatic heterocycles. The van der Waals surface area contributed by atoms with Gasteiger partial charge in [-0.05, 0) is 25.7 Å². The summed E-state index contributed by atoms with van der Waals surface area (Å²) in [5, 5.41) is 10.8. The normalized spacial score (nSPS) is 14.8. The van der Waals surface area contributed by atoms with Crippen molar-refractivity contribution >= 4 is 11.6 Å². The van der Waals surface area contributed by atoms with E-state index in [0.29, 0.717) is 12.5 Å². The van der Waals surface area contributed by atoms with Gasteiger partial charge in [0.05, 0.1) is 11.5 Å². The van der Waals surface area contributed by atoms with E-state index in [2.05, 4.69) is 9.97 Å². The maximum atomic E-state index is 10.8. The van der Waals surface area contributed by atoms with Crippen LogP contribution in [0.2, 0.25) is 0 Å². The van der Waals surface area contributed by atoms with Crippen LogP contribution in [0.5, 0.6) is 5.88 Å². The highest BCUT2D eigenvalue weighted by Crippen LogP contribution is 2.32.